The van der Waals surface area contributed by atoms with Crippen molar-refractivity contribution >= 4 is 23.3 Å². The van der Waals surface area contributed by atoms with Crippen LogP contribution in [0.25, 0.3) is 5.57 Å². The van der Waals surface area contributed by atoms with E-state index in [1.165, 1.54) is 36.4 Å². The largest absolute Gasteiger partial charge is 0.478 e. The molecule has 0 fully saturated rings. The number of carboxylic acid groups (broad SMARTS) is 2. The molecule has 1 aromatic rings. The van der Waals surface area contributed by atoms with Gasteiger partial charge in [0.1, 0.15) is 0 Å². The Bertz CT molecular complexity index is 620. The van der Waals surface area contributed by atoms with Crippen molar-refractivity contribution in [3.05, 3.63) is 53.1 Å². The van der Waals surface area contributed by atoms with Gasteiger partial charge in [-0.05, 0) is 35.4 Å². The SMILES string of the molecule is O=C1C=CC(C(=O)O)=C(c2ccc(C(=O)O)cc2)C1. The predicted octanol–water partition coefficient (Wildman–Crippen LogP) is 1.75. The van der Waals surface area contributed by atoms with E-state index in [0.29, 0.717) is 11.1 Å². The van der Waals surface area contributed by atoms with Crippen molar-refractivity contribution in [2.24, 2.45) is 0 Å². The first-order valence-electron chi connectivity index (χ1n) is 5.50. The minimum atomic E-state index is -1.11. The molecule has 0 aromatic heterocycles. The van der Waals surface area contributed by atoms with Crippen LogP contribution in [0.3, 0.4) is 0 Å². The normalized spacial score (nSPS) is 14.6. The molecule has 0 spiro atoms. The number of carboxylic acids is 2. The average molecular weight is 258 g/mol. The number of ketones is 1. The molecular weight excluding hydrogens is 248 g/mol. The van der Waals surface area contributed by atoms with Crippen LogP contribution in [0.5, 0.6) is 0 Å². The topological polar surface area (TPSA) is 91.7 Å². The molecule has 2 rings (SSSR count). The number of hydrogen-bond donors (Lipinski definition) is 2. The molecule has 1 aromatic carbocycles. The molecule has 1 aliphatic carbocycles. The van der Waals surface area contributed by atoms with E-state index in [0.717, 1.165) is 0 Å². The average Bonchev–Trinajstić information content (AvgIpc) is 2.38. The number of rotatable bonds is 3. The highest BCUT2D eigenvalue weighted by atomic mass is 16.4. The zero-order valence-corrected chi connectivity index (χ0v) is 9.79. The van der Waals surface area contributed by atoms with Gasteiger partial charge in [-0.3, -0.25) is 4.79 Å². The quantitative estimate of drug-likeness (QED) is 0.861. The summed E-state index contributed by atoms with van der Waals surface area (Å²) >= 11 is 0. The Morgan fingerprint density at radius 2 is 1.58 bits per heavy atom. The zero-order valence-electron chi connectivity index (χ0n) is 9.79. The number of hydrogen-bond acceptors (Lipinski definition) is 3. The summed E-state index contributed by atoms with van der Waals surface area (Å²) in [6.07, 6.45) is 2.51. The molecule has 0 saturated carbocycles. The second kappa shape index (κ2) is 4.89. The maximum atomic E-state index is 11.4. The van der Waals surface area contributed by atoms with Gasteiger partial charge in [0, 0.05) is 6.42 Å². The lowest BCUT2D eigenvalue weighted by molar-refractivity contribution is -0.132. The fraction of sp³-hybridized carbons (Fsp3) is 0.0714. The first-order valence-corrected chi connectivity index (χ1v) is 5.50. The van der Waals surface area contributed by atoms with E-state index < -0.39 is 11.9 Å². The second-order valence-corrected chi connectivity index (χ2v) is 4.06. The molecule has 0 radical (unpaired) electrons. The molecule has 0 unspecified atom stereocenters. The van der Waals surface area contributed by atoms with Crippen LogP contribution in [-0.4, -0.2) is 27.9 Å². The molecule has 96 valence electrons. The van der Waals surface area contributed by atoms with Crippen molar-refractivity contribution in [2.45, 2.75) is 6.42 Å². The van der Waals surface area contributed by atoms with Gasteiger partial charge in [-0.15, -0.1) is 0 Å². The molecule has 0 bridgehead atoms. The van der Waals surface area contributed by atoms with Gasteiger partial charge in [0.25, 0.3) is 0 Å². The fourth-order valence-electron chi connectivity index (χ4n) is 1.88. The van der Waals surface area contributed by atoms with Gasteiger partial charge < -0.3 is 10.2 Å². The van der Waals surface area contributed by atoms with Gasteiger partial charge in [0.2, 0.25) is 0 Å². The van der Waals surface area contributed by atoms with Crippen LogP contribution >= 0.6 is 0 Å². The molecule has 5 nitrogen and oxygen atoms in total. The Hall–Kier alpha value is -2.69. The van der Waals surface area contributed by atoms with Crippen LogP contribution in [0.2, 0.25) is 0 Å². The second-order valence-electron chi connectivity index (χ2n) is 4.06. The number of aromatic carboxylic acids is 1. The van der Waals surface area contributed by atoms with Crippen LogP contribution in [0.15, 0.2) is 42.0 Å². The van der Waals surface area contributed by atoms with E-state index in [9.17, 15) is 14.4 Å². The smallest absolute Gasteiger partial charge is 0.335 e. The third-order valence-electron chi connectivity index (χ3n) is 2.82. The molecular formula is C14H10O5. The van der Waals surface area contributed by atoms with Crippen LogP contribution in [0.1, 0.15) is 22.3 Å². The lowest BCUT2D eigenvalue weighted by Crippen LogP contribution is -2.10. The monoisotopic (exact) mass is 258 g/mol. The Labute approximate surface area is 108 Å². The highest BCUT2D eigenvalue weighted by Gasteiger charge is 2.20. The van der Waals surface area contributed by atoms with Gasteiger partial charge in [-0.25, -0.2) is 9.59 Å². The van der Waals surface area contributed by atoms with Crippen LogP contribution in [-0.2, 0) is 9.59 Å². The van der Waals surface area contributed by atoms with Crippen molar-refractivity contribution in [2.75, 3.05) is 0 Å². The third-order valence-corrected chi connectivity index (χ3v) is 2.82. The lowest BCUT2D eigenvalue weighted by atomic mass is 9.90. The van der Waals surface area contributed by atoms with E-state index in [1.54, 1.807) is 0 Å². The minimum absolute atomic E-state index is 0.00452. The van der Waals surface area contributed by atoms with E-state index in [2.05, 4.69) is 0 Å². The van der Waals surface area contributed by atoms with Crippen molar-refractivity contribution in [3.8, 4) is 0 Å². The summed E-state index contributed by atoms with van der Waals surface area (Å²) in [7, 11) is 0. The van der Waals surface area contributed by atoms with E-state index in [-0.39, 0.29) is 23.3 Å². The first-order chi connectivity index (χ1) is 8.99. The summed E-state index contributed by atoms with van der Waals surface area (Å²) < 4.78 is 0. The minimum Gasteiger partial charge on any atom is -0.478 e. The van der Waals surface area contributed by atoms with Gasteiger partial charge in [-0.2, -0.15) is 0 Å². The Morgan fingerprint density at radius 3 is 2.11 bits per heavy atom. The van der Waals surface area contributed by atoms with Crippen LogP contribution in [0.4, 0.5) is 0 Å². The Balaban J connectivity index is 2.48. The van der Waals surface area contributed by atoms with Crippen molar-refractivity contribution in [1.82, 2.24) is 0 Å². The number of aliphatic carboxylic acids is 1. The molecule has 0 heterocycles. The maximum Gasteiger partial charge on any atom is 0.335 e. The van der Waals surface area contributed by atoms with E-state index in [1.807, 2.05) is 0 Å². The summed E-state index contributed by atoms with van der Waals surface area (Å²) in [5, 5.41) is 17.9. The Kier molecular flexibility index (Phi) is 3.29. The predicted molar refractivity (Wildman–Crippen MR) is 66.7 cm³/mol. The number of carbonyl (C=O) groups is 3. The van der Waals surface area contributed by atoms with Crippen LogP contribution in [0, 0.1) is 0 Å². The number of carbonyl (C=O) groups excluding carboxylic acids is 1. The van der Waals surface area contributed by atoms with E-state index >= 15 is 0 Å². The standard InChI is InChI=1S/C14H10O5/c15-10-5-6-11(14(18)19)12(7-10)8-1-3-9(4-2-8)13(16)17/h1-6H,7H2,(H,16,17)(H,18,19). The molecule has 5 heteroatoms. The van der Waals surface area contributed by atoms with Gasteiger partial charge in [0.05, 0.1) is 11.1 Å². The third kappa shape index (κ3) is 2.60. The number of benzene rings is 1. The highest BCUT2D eigenvalue weighted by Crippen LogP contribution is 2.27. The van der Waals surface area contributed by atoms with Crippen molar-refractivity contribution in [3.63, 3.8) is 0 Å². The fourth-order valence-corrected chi connectivity index (χ4v) is 1.88. The van der Waals surface area contributed by atoms with Gasteiger partial charge in [0.15, 0.2) is 5.78 Å². The first kappa shape index (κ1) is 12.8. The summed E-state index contributed by atoms with van der Waals surface area (Å²) in [4.78, 5) is 33.2. The molecule has 19 heavy (non-hydrogen) atoms. The number of allylic oxidation sites excluding steroid dienone is 2. The van der Waals surface area contributed by atoms with Crippen molar-refractivity contribution in [1.29, 1.82) is 0 Å². The van der Waals surface area contributed by atoms with E-state index in [4.69, 9.17) is 10.2 Å². The van der Waals surface area contributed by atoms with Crippen LogP contribution < -0.4 is 0 Å². The summed E-state index contributed by atoms with van der Waals surface area (Å²) in [5.41, 5.74) is 1.11. The van der Waals surface area contributed by atoms with Gasteiger partial charge in [-0.1, -0.05) is 12.1 Å². The summed E-state index contributed by atoms with van der Waals surface area (Å²) in [5.74, 6) is -2.35. The molecule has 2 N–H and O–H groups in total. The Morgan fingerprint density at radius 1 is 0.947 bits per heavy atom. The molecule has 0 atom stereocenters. The maximum absolute atomic E-state index is 11.4. The lowest BCUT2D eigenvalue weighted by Gasteiger charge is -2.13. The highest BCUT2D eigenvalue weighted by molar-refractivity contribution is 6.10. The zero-order chi connectivity index (χ0) is 14.0. The van der Waals surface area contributed by atoms with Gasteiger partial charge >= 0.3 is 11.9 Å². The summed E-state index contributed by atoms with van der Waals surface area (Å²) in [6.45, 7) is 0. The molecule has 0 aliphatic heterocycles. The molecule has 0 amide bonds. The summed E-state index contributed by atoms with van der Waals surface area (Å²) in [6, 6.07) is 5.78. The van der Waals surface area contributed by atoms with Crippen molar-refractivity contribution < 1.29 is 24.6 Å². The molecule has 1 aliphatic rings. The molecule has 0 saturated heterocycles.